The minimum absolute atomic E-state index is 0.0259. The highest BCUT2D eigenvalue weighted by atomic mass is 16.4. The number of benzene rings is 2. The highest BCUT2D eigenvalue weighted by molar-refractivity contribution is 6.39. The van der Waals surface area contributed by atoms with Gasteiger partial charge < -0.3 is 14.6 Å². The third-order valence-electron chi connectivity index (χ3n) is 5.20. The van der Waals surface area contributed by atoms with E-state index in [1.54, 1.807) is 25.1 Å². The zero-order valence-corrected chi connectivity index (χ0v) is 17.6. The molecule has 0 aliphatic carbocycles. The van der Waals surface area contributed by atoms with Gasteiger partial charge in [0.25, 0.3) is 11.8 Å². The van der Waals surface area contributed by atoms with Crippen LogP contribution in [-0.4, -0.2) is 40.0 Å². The number of rotatable bonds is 5. The fraction of sp³-hybridized carbons (Fsp3) is 0.0417. The lowest BCUT2D eigenvalue weighted by Crippen LogP contribution is -2.54. The van der Waals surface area contributed by atoms with E-state index in [1.165, 1.54) is 30.3 Å². The molecule has 0 spiro atoms. The molecule has 170 valence electrons. The van der Waals surface area contributed by atoms with Gasteiger partial charge in [-0.1, -0.05) is 18.2 Å². The summed E-state index contributed by atoms with van der Waals surface area (Å²) in [4.78, 5) is 61.0. The molecule has 1 aromatic heterocycles. The highest BCUT2D eigenvalue weighted by Gasteiger charge is 2.37. The molecule has 4 amide bonds. The molecule has 2 aromatic carbocycles. The fourth-order valence-electron chi connectivity index (χ4n) is 3.52. The van der Waals surface area contributed by atoms with Crippen molar-refractivity contribution in [3.05, 3.63) is 82.6 Å². The lowest BCUT2D eigenvalue weighted by molar-refractivity contribution is -0.122. The van der Waals surface area contributed by atoms with Crippen molar-refractivity contribution in [2.75, 3.05) is 4.90 Å². The van der Waals surface area contributed by atoms with Crippen molar-refractivity contribution in [2.45, 2.75) is 6.92 Å². The van der Waals surface area contributed by atoms with Gasteiger partial charge in [-0.15, -0.1) is 0 Å². The maximum atomic E-state index is 13.0. The number of furan rings is 1. The van der Waals surface area contributed by atoms with Gasteiger partial charge in [0.05, 0.1) is 16.8 Å². The number of carbonyl (C=O) groups is 5. The van der Waals surface area contributed by atoms with E-state index >= 15 is 0 Å². The van der Waals surface area contributed by atoms with Crippen LogP contribution < -0.4 is 10.2 Å². The molecular formula is C24H16N2O8. The van der Waals surface area contributed by atoms with Gasteiger partial charge in [0.2, 0.25) is 0 Å². The van der Waals surface area contributed by atoms with Crippen molar-refractivity contribution in [3.8, 4) is 11.3 Å². The van der Waals surface area contributed by atoms with Crippen LogP contribution in [0.25, 0.3) is 17.4 Å². The van der Waals surface area contributed by atoms with Crippen molar-refractivity contribution >= 4 is 41.5 Å². The first-order chi connectivity index (χ1) is 16.2. The molecule has 3 aromatic rings. The van der Waals surface area contributed by atoms with Crippen LogP contribution in [-0.2, 0) is 9.59 Å². The van der Waals surface area contributed by atoms with E-state index < -0.39 is 35.4 Å². The van der Waals surface area contributed by atoms with E-state index in [4.69, 9.17) is 4.42 Å². The van der Waals surface area contributed by atoms with Crippen molar-refractivity contribution in [2.24, 2.45) is 0 Å². The molecular weight excluding hydrogens is 444 g/mol. The number of amides is 4. The molecule has 0 atom stereocenters. The van der Waals surface area contributed by atoms with Crippen LogP contribution in [0.15, 0.2) is 64.6 Å². The second kappa shape index (κ2) is 8.51. The Bertz CT molecular complexity index is 1420. The molecule has 1 aliphatic heterocycles. The Hall–Kier alpha value is -4.99. The van der Waals surface area contributed by atoms with Gasteiger partial charge in [0.15, 0.2) is 0 Å². The quantitative estimate of drug-likeness (QED) is 0.387. The molecule has 2 heterocycles. The number of carboxylic acids is 2. The lowest BCUT2D eigenvalue weighted by atomic mass is 10.0. The van der Waals surface area contributed by atoms with Gasteiger partial charge in [-0.2, -0.15) is 0 Å². The molecule has 34 heavy (non-hydrogen) atoms. The summed E-state index contributed by atoms with van der Waals surface area (Å²) in [6, 6.07) is 11.9. The number of anilines is 1. The first kappa shape index (κ1) is 22.2. The largest absolute Gasteiger partial charge is 0.478 e. The first-order valence-electron chi connectivity index (χ1n) is 9.85. The Morgan fingerprint density at radius 1 is 0.971 bits per heavy atom. The predicted molar refractivity (Wildman–Crippen MR) is 118 cm³/mol. The Morgan fingerprint density at radius 2 is 1.71 bits per heavy atom. The van der Waals surface area contributed by atoms with E-state index in [2.05, 4.69) is 0 Å². The van der Waals surface area contributed by atoms with E-state index in [0.29, 0.717) is 21.8 Å². The summed E-state index contributed by atoms with van der Waals surface area (Å²) in [5, 5.41) is 20.5. The average Bonchev–Trinajstić information content (AvgIpc) is 3.25. The molecule has 0 saturated carbocycles. The van der Waals surface area contributed by atoms with E-state index in [0.717, 1.165) is 12.1 Å². The Kier molecular flexibility index (Phi) is 5.56. The van der Waals surface area contributed by atoms with Crippen molar-refractivity contribution in [3.63, 3.8) is 0 Å². The van der Waals surface area contributed by atoms with Gasteiger partial charge in [0.1, 0.15) is 17.1 Å². The van der Waals surface area contributed by atoms with Gasteiger partial charge in [-0.25, -0.2) is 19.3 Å². The molecule has 1 aliphatic rings. The van der Waals surface area contributed by atoms with Crippen LogP contribution >= 0.6 is 0 Å². The molecule has 3 N–H and O–H groups in total. The minimum Gasteiger partial charge on any atom is -0.478 e. The topological polar surface area (TPSA) is 154 Å². The summed E-state index contributed by atoms with van der Waals surface area (Å²) in [6.45, 7) is 1.63. The summed E-state index contributed by atoms with van der Waals surface area (Å²) < 4.78 is 5.72. The molecule has 10 nitrogen and oxygen atoms in total. The number of aromatic carboxylic acids is 2. The molecule has 4 rings (SSSR count). The van der Waals surface area contributed by atoms with Gasteiger partial charge in [-0.3, -0.25) is 14.9 Å². The molecule has 0 radical (unpaired) electrons. The number of hydrogen-bond acceptors (Lipinski definition) is 6. The van der Waals surface area contributed by atoms with Gasteiger partial charge >= 0.3 is 18.0 Å². The summed E-state index contributed by atoms with van der Waals surface area (Å²) in [5.74, 6) is -3.81. The maximum Gasteiger partial charge on any atom is 0.335 e. The number of imide groups is 2. The van der Waals surface area contributed by atoms with E-state index in [1.807, 2.05) is 5.32 Å². The Balaban J connectivity index is 1.70. The van der Waals surface area contributed by atoms with Crippen LogP contribution in [0.3, 0.4) is 0 Å². The summed E-state index contributed by atoms with van der Waals surface area (Å²) in [7, 11) is 0. The average molecular weight is 460 g/mol. The third kappa shape index (κ3) is 3.95. The van der Waals surface area contributed by atoms with Gasteiger partial charge in [0, 0.05) is 5.56 Å². The van der Waals surface area contributed by atoms with Crippen LogP contribution in [0.1, 0.15) is 32.0 Å². The smallest absolute Gasteiger partial charge is 0.335 e. The fourth-order valence-corrected chi connectivity index (χ4v) is 3.52. The van der Waals surface area contributed by atoms with Crippen molar-refractivity contribution in [1.29, 1.82) is 0 Å². The van der Waals surface area contributed by atoms with Crippen LogP contribution in [0, 0.1) is 6.92 Å². The lowest BCUT2D eigenvalue weighted by Gasteiger charge is -2.26. The molecule has 0 bridgehead atoms. The minimum atomic E-state index is -1.25. The van der Waals surface area contributed by atoms with Crippen LogP contribution in [0.4, 0.5) is 10.5 Å². The van der Waals surface area contributed by atoms with Gasteiger partial charge in [-0.05, 0) is 55.0 Å². The normalized spacial score (nSPS) is 14.9. The molecule has 10 heteroatoms. The number of hydrogen-bond donors (Lipinski definition) is 3. The number of nitrogens with one attached hydrogen (secondary N) is 1. The second-order valence-corrected chi connectivity index (χ2v) is 7.30. The van der Waals surface area contributed by atoms with Crippen molar-refractivity contribution in [1.82, 2.24) is 5.32 Å². The zero-order chi connectivity index (χ0) is 24.6. The second-order valence-electron chi connectivity index (χ2n) is 7.30. The monoisotopic (exact) mass is 460 g/mol. The number of nitrogens with zero attached hydrogens (tertiary/aromatic N) is 1. The SMILES string of the molecule is Cc1c(C(=O)O)cccc1-c1ccc(/C=C2\C(=O)NC(=O)N(c3cccc(C(=O)O)c3)C2=O)o1. The Labute approximate surface area is 191 Å². The third-order valence-corrected chi connectivity index (χ3v) is 5.20. The maximum absolute atomic E-state index is 13.0. The van der Waals surface area contributed by atoms with Crippen molar-refractivity contribution < 1.29 is 38.6 Å². The predicted octanol–water partition coefficient (Wildman–Crippen LogP) is 3.32. The van der Waals surface area contributed by atoms with E-state index in [-0.39, 0.29) is 22.6 Å². The summed E-state index contributed by atoms with van der Waals surface area (Å²) >= 11 is 0. The number of carboxylic acid groups (broad SMARTS) is 2. The van der Waals surface area contributed by atoms with Crippen LogP contribution in [0.2, 0.25) is 0 Å². The first-order valence-corrected chi connectivity index (χ1v) is 9.85. The summed E-state index contributed by atoms with van der Waals surface area (Å²) in [6.07, 6.45) is 1.15. The molecule has 1 saturated heterocycles. The molecule has 1 fully saturated rings. The Morgan fingerprint density at radius 3 is 2.41 bits per heavy atom. The van der Waals surface area contributed by atoms with E-state index in [9.17, 15) is 34.2 Å². The number of urea groups is 1. The number of barbiturate groups is 1. The molecule has 0 unspecified atom stereocenters. The van der Waals surface area contributed by atoms with Crippen LogP contribution in [0.5, 0.6) is 0 Å². The highest BCUT2D eigenvalue weighted by Crippen LogP contribution is 2.29. The number of carbonyl (C=O) groups excluding carboxylic acids is 3. The summed E-state index contributed by atoms with van der Waals surface area (Å²) in [5.41, 5.74) is 0.527. The zero-order valence-electron chi connectivity index (χ0n) is 17.6. The standard InChI is InChI=1S/C24H16N2O8/c1-12-16(6-3-7-17(12)23(31)32)19-9-8-15(34-19)11-18-20(27)25-24(33)26(21(18)28)14-5-2-4-13(10-14)22(29)30/h2-11H,1H3,(H,29,30)(H,31,32)(H,25,27,33)/b18-11+.